The molecule has 2 unspecified atom stereocenters. The fourth-order valence-electron chi connectivity index (χ4n) is 5.85. The number of ether oxygens (including phenoxy) is 2. The first kappa shape index (κ1) is 28.4. The van der Waals surface area contributed by atoms with Crippen LogP contribution in [0.2, 0.25) is 0 Å². The van der Waals surface area contributed by atoms with E-state index in [0.717, 1.165) is 27.8 Å². The van der Waals surface area contributed by atoms with Crippen molar-refractivity contribution in [2.45, 2.75) is 50.9 Å². The summed E-state index contributed by atoms with van der Waals surface area (Å²) in [5, 5.41) is 11.9. The summed E-state index contributed by atoms with van der Waals surface area (Å²) in [7, 11) is 0. The summed E-state index contributed by atoms with van der Waals surface area (Å²) in [6.45, 7) is 3.07. The first-order valence-corrected chi connectivity index (χ1v) is 14.2. The number of benzene rings is 3. The molecule has 0 saturated carbocycles. The number of likely N-dealkylation sites (tertiary alicyclic amines) is 1. The van der Waals surface area contributed by atoms with Crippen molar-refractivity contribution in [1.29, 1.82) is 0 Å². The van der Waals surface area contributed by atoms with Crippen LogP contribution in [0, 0.1) is 5.92 Å². The molecular formula is C33H36N2O6. The quantitative estimate of drug-likeness (QED) is 0.355. The fraction of sp³-hybridized carbons (Fsp3) is 0.364. The van der Waals surface area contributed by atoms with Crippen LogP contribution in [0.25, 0.3) is 11.1 Å². The zero-order valence-electron chi connectivity index (χ0n) is 23.2. The molecule has 3 aromatic rings. The number of nitrogens with one attached hydrogen (secondary N) is 1. The van der Waals surface area contributed by atoms with Gasteiger partial charge in [0.25, 0.3) is 0 Å². The van der Waals surface area contributed by atoms with Crippen molar-refractivity contribution in [3.8, 4) is 11.1 Å². The third-order valence-electron chi connectivity index (χ3n) is 8.10. The molecule has 1 aliphatic heterocycles. The lowest BCUT2D eigenvalue weighted by Crippen LogP contribution is -2.55. The number of carboxylic acid groups (broad SMARTS) is 1. The van der Waals surface area contributed by atoms with Gasteiger partial charge in [-0.2, -0.15) is 0 Å². The molecule has 41 heavy (non-hydrogen) atoms. The van der Waals surface area contributed by atoms with Gasteiger partial charge < -0.3 is 24.8 Å². The van der Waals surface area contributed by atoms with Crippen LogP contribution in [0.1, 0.15) is 48.8 Å². The zero-order valence-corrected chi connectivity index (χ0v) is 23.2. The normalized spacial score (nSPS) is 16.4. The average Bonchev–Trinajstić information content (AvgIpc) is 3.31. The highest BCUT2D eigenvalue weighted by atomic mass is 16.5. The van der Waals surface area contributed by atoms with E-state index in [-0.39, 0.29) is 30.8 Å². The van der Waals surface area contributed by atoms with E-state index < -0.39 is 24.2 Å². The van der Waals surface area contributed by atoms with Crippen LogP contribution in [-0.2, 0) is 25.7 Å². The van der Waals surface area contributed by atoms with Gasteiger partial charge in [-0.3, -0.25) is 9.59 Å². The number of amides is 2. The van der Waals surface area contributed by atoms with Gasteiger partial charge in [-0.15, -0.1) is 0 Å². The van der Waals surface area contributed by atoms with Gasteiger partial charge in [0.15, 0.2) is 0 Å². The summed E-state index contributed by atoms with van der Waals surface area (Å²) < 4.78 is 11.8. The summed E-state index contributed by atoms with van der Waals surface area (Å²) >= 11 is 0. The van der Waals surface area contributed by atoms with Gasteiger partial charge in [0.05, 0.1) is 12.7 Å². The molecule has 1 heterocycles. The van der Waals surface area contributed by atoms with Gasteiger partial charge in [-0.05, 0) is 53.5 Å². The Balaban J connectivity index is 1.25. The molecule has 1 fully saturated rings. The largest absolute Gasteiger partial charge is 0.481 e. The molecule has 2 amide bonds. The van der Waals surface area contributed by atoms with Crippen molar-refractivity contribution >= 4 is 18.0 Å². The topological polar surface area (TPSA) is 105 Å². The third-order valence-corrected chi connectivity index (χ3v) is 8.10. The number of fused-ring (bicyclic) bond motifs is 3. The minimum atomic E-state index is -0.953. The lowest BCUT2D eigenvalue weighted by molar-refractivity contribution is -0.140. The highest BCUT2D eigenvalue weighted by Gasteiger charge is 2.35. The number of carboxylic acids is 1. The van der Waals surface area contributed by atoms with Crippen molar-refractivity contribution in [3.05, 3.63) is 95.6 Å². The number of aliphatic carboxylic acids is 1. The molecule has 8 heteroatoms. The Kier molecular flexibility index (Phi) is 8.99. The lowest BCUT2D eigenvalue weighted by atomic mass is 9.93. The van der Waals surface area contributed by atoms with Crippen LogP contribution in [0.15, 0.2) is 78.9 Å². The zero-order chi connectivity index (χ0) is 28.8. The second kappa shape index (κ2) is 13.0. The Morgan fingerprint density at radius 3 is 2.10 bits per heavy atom. The van der Waals surface area contributed by atoms with Crippen LogP contribution in [0.3, 0.4) is 0 Å². The molecular weight excluding hydrogens is 520 g/mol. The van der Waals surface area contributed by atoms with Crippen LogP contribution >= 0.6 is 0 Å². The number of piperidine rings is 1. The minimum absolute atomic E-state index is 0.0387. The van der Waals surface area contributed by atoms with Crippen LogP contribution < -0.4 is 5.32 Å². The molecule has 0 spiro atoms. The Bertz CT molecular complexity index is 1320. The predicted molar refractivity (Wildman–Crippen MR) is 154 cm³/mol. The minimum Gasteiger partial charge on any atom is -0.481 e. The number of carbonyl (C=O) groups excluding carboxylic acids is 2. The fourth-order valence-corrected chi connectivity index (χ4v) is 5.85. The lowest BCUT2D eigenvalue weighted by Gasteiger charge is -2.35. The number of hydrogen-bond acceptors (Lipinski definition) is 5. The maximum atomic E-state index is 13.7. The van der Waals surface area contributed by atoms with Gasteiger partial charge >= 0.3 is 12.1 Å². The molecule has 214 valence electrons. The molecule has 2 N–H and O–H groups in total. The summed E-state index contributed by atoms with van der Waals surface area (Å²) in [4.78, 5) is 39.6. The number of nitrogens with zero attached hydrogens (tertiary/aromatic N) is 1. The molecule has 1 aliphatic carbocycles. The van der Waals surface area contributed by atoms with E-state index in [0.29, 0.717) is 32.5 Å². The van der Waals surface area contributed by atoms with Crippen molar-refractivity contribution < 1.29 is 29.0 Å². The van der Waals surface area contributed by atoms with E-state index in [2.05, 4.69) is 29.6 Å². The van der Waals surface area contributed by atoms with Gasteiger partial charge in [-0.25, -0.2) is 4.79 Å². The van der Waals surface area contributed by atoms with E-state index >= 15 is 0 Å². The van der Waals surface area contributed by atoms with E-state index in [1.54, 1.807) is 11.8 Å². The number of rotatable bonds is 10. The molecule has 8 nitrogen and oxygen atoms in total. The highest BCUT2D eigenvalue weighted by Crippen LogP contribution is 2.44. The first-order valence-electron chi connectivity index (χ1n) is 14.2. The molecule has 0 radical (unpaired) electrons. The van der Waals surface area contributed by atoms with Gasteiger partial charge in [0.1, 0.15) is 12.6 Å². The molecule has 0 bridgehead atoms. The van der Waals surface area contributed by atoms with E-state index in [4.69, 9.17) is 14.6 Å². The Morgan fingerprint density at radius 1 is 0.902 bits per heavy atom. The second-order valence-electron chi connectivity index (χ2n) is 10.8. The van der Waals surface area contributed by atoms with Crippen molar-refractivity contribution in [1.82, 2.24) is 10.2 Å². The predicted octanol–water partition coefficient (Wildman–Crippen LogP) is 5.21. The summed E-state index contributed by atoms with van der Waals surface area (Å²) in [5.41, 5.74) is 5.45. The number of hydrogen-bond donors (Lipinski definition) is 2. The number of carbonyl (C=O) groups is 3. The van der Waals surface area contributed by atoms with Crippen LogP contribution in [0.5, 0.6) is 0 Å². The van der Waals surface area contributed by atoms with E-state index in [1.807, 2.05) is 54.6 Å². The van der Waals surface area contributed by atoms with Gasteiger partial charge in [0, 0.05) is 25.4 Å². The highest BCUT2D eigenvalue weighted by molar-refractivity contribution is 5.86. The molecule has 0 aromatic heterocycles. The van der Waals surface area contributed by atoms with E-state index in [9.17, 15) is 14.4 Å². The first-order chi connectivity index (χ1) is 19.9. The maximum absolute atomic E-state index is 13.7. The van der Waals surface area contributed by atoms with Gasteiger partial charge in [-0.1, -0.05) is 78.9 Å². The van der Waals surface area contributed by atoms with E-state index in [1.165, 1.54) is 0 Å². The monoisotopic (exact) mass is 556 g/mol. The summed E-state index contributed by atoms with van der Waals surface area (Å²) in [5.74, 6) is -1.14. The summed E-state index contributed by atoms with van der Waals surface area (Å²) in [6, 6.07) is 24.9. The molecule has 3 aromatic carbocycles. The second-order valence-corrected chi connectivity index (χ2v) is 10.8. The van der Waals surface area contributed by atoms with Crippen LogP contribution in [-0.4, -0.2) is 59.8 Å². The Labute approximate surface area is 240 Å². The Morgan fingerprint density at radius 2 is 1.49 bits per heavy atom. The molecule has 1 saturated heterocycles. The SMILES string of the molecule is CC(OCc1ccccc1)C(NC(=O)OCC1c2ccccc2-c2ccccc21)C(=O)N1CCC(CC(=O)O)CC1. The van der Waals surface area contributed by atoms with Crippen molar-refractivity contribution in [2.24, 2.45) is 5.92 Å². The van der Waals surface area contributed by atoms with Crippen LogP contribution in [0.4, 0.5) is 4.79 Å². The van der Waals surface area contributed by atoms with Crippen molar-refractivity contribution in [2.75, 3.05) is 19.7 Å². The molecule has 2 aliphatic rings. The van der Waals surface area contributed by atoms with Gasteiger partial charge in [0.2, 0.25) is 5.91 Å². The Hall–Kier alpha value is -4.17. The smallest absolute Gasteiger partial charge is 0.407 e. The summed E-state index contributed by atoms with van der Waals surface area (Å²) in [6.07, 6.45) is 0.00492. The number of alkyl carbamates (subject to hydrolysis) is 1. The molecule has 2 atom stereocenters. The maximum Gasteiger partial charge on any atom is 0.407 e. The molecule has 5 rings (SSSR count). The average molecular weight is 557 g/mol. The van der Waals surface area contributed by atoms with Crippen molar-refractivity contribution in [3.63, 3.8) is 0 Å². The third kappa shape index (κ3) is 6.77. The standard InChI is InChI=1S/C33H36N2O6/c1-22(40-20-24-9-3-2-4-10-24)31(32(38)35-17-15-23(16-18-35)19-30(36)37)34-33(39)41-21-29-27-13-7-5-11-25(27)26-12-6-8-14-28(26)29/h2-14,22-23,29,31H,15-21H2,1H3,(H,34,39)(H,36,37).